The number of piperazine rings is 1. The number of amides is 2. The first kappa shape index (κ1) is 13.5. The lowest BCUT2D eigenvalue weighted by atomic mass is 10.1. The van der Waals surface area contributed by atoms with E-state index in [-0.39, 0.29) is 17.9 Å². The van der Waals surface area contributed by atoms with Crippen molar-refractivity contribution in [3.8, 4) is 0 Å². The number of carbonyl (C=O) groups is 2. The van der Waals surface area contributed by atoms with E-state index in [1.54, 1.807) is 17.3 Å². The zero-order valence-electron chi connectivity index (χ0n) is 11.3. The molecule has 0 saturated carbocycles. The first-order valence-corrected chi connectivity index (χ1v) is 6.70. The lowest BCUT2D eigenvalue weighted by molar-refractivity contribution is -0.127. The fourth-order valence-corrected chi connectivity index (χ4v) is 2.33. The van der Waals surface area contributed by atoms with Crippen LogP contribution in [-0.2, 0) is 11.2 Å². The summed E-state index contributed by atoms with van der Waals surface area (Å²) in [6.07, 6.45) is 4.79. The number of carbonyl (C=O) groups excluding carboxylic acids is 2. The van der Waals surface area contributed by atoms with Crippen LogP contribution in [0, 0.1) is 0 Å². The molecule has 0 aliphatic carbocycles. The first-order chi connectivity index (χ1) is 9.17. The van der Waals surface area contributed by atoms with Crippen LogP contribution < -0.4 is 5.32 Å². The van der Waals surface area contributed by atoms with Gasteiger partial charge in [0.1, 0.15) is 6.04 Å². The van der Waals surface area contributed by atoms with Crippen LogP contribution in [0.1, 0.15) is 36.2 Å². The molecule has 2 heterocycles. The molecular weight excluding hydrogens is 242 g/mol. The summed E-state index contributed by atoms with van der Waals surface area (Å²) < 4.78 is 0. The highest BCUT2D eigenvalue weighted by Gasteiger charge is 2.32. The minimum absolute atomic E-state index is 0.0679. The molecule has 1 saturated heterocycles. The quantitative estimate of drug-likeness (QED) is 0.882. The van der Waals surface area contributed by atoms with E-state index < -0.39 is 0 Å². The third kappa shape index (κ3) is 2.75. The Kier molecular flexibility index (Phi) is 4.14. The van der Waals surface area contributed by atoms with E-state index in [4.69, 9.17) is 0 Å². The number of aromatic nitrogens is 1. The monoisotopic (exact) mass is 261 g/mol. The minimum atomic E-state index is -0.369. The Bertz CT molecular complexity index is 487. The average Bonchev–Trinajstić information content (AvgIpc) is 2.46. The van der Waals surface area contributed by atoms with E-state index in [0.717, 1.165) is 12.0 Å². The molecule has 5 heteroatoms. The zero-order chi connectivity index (χ0) is 13.8. The molecular formula is C14H19N3O2. The normalized spacial score (nSPS) is 19.2. The second kappa shape index (κ2) is 5.82. The summed E-state index contributed by atoms with van der Waals surface area (Å²) in [7, 11) is 0. The Morgan fingerprint density at radius 1 is 1.47 bits per heavy atom. The molecule has 0 bridgehead atoms. The van der Waals surface area contributed by atoms with Crippen LogP contribution in [0.2, 0.25) is 0 Å². The van der Waals surface area contributed by atoms with Crippen molar-refractivity contribution in [1.29, 1.82) is 0 Å². The third-order valence-electron chi connectivity index (χ3n) is 3.43. The maximum Gasteiger partial charge on any atom is 0.256 e. The van der Waals surface area contributed by atoms with Crippen LogP contribution in [0.4, 0.5) is 0 Å². The van der Waals surface area contributed by atoms with Crippen molar-refractivity contribution < 1.29 is 9.59 Å². The standard InChI is InChI=1S/C14H19N3O2/c1-3-10-7-11(9-15-8-10)14(19)17-6-5-16-13(18)12(17)4-2/h7-9,12H,3-6H2,1-2H3,(H,16,18). The average molecular weight is 261 g/mol. The van der Waals surface area contributed by atoms with Gasteiger partial charge in [0, 0.05) is 25.5 Å². The first-order valence-electron chi connectivity index (χ1n) is 6.70. The second-order valence-electron chi connectivity index (χ2n) is 4.65. The molecule has 5 nitrogen and oxygen atoms in total. The SMILES string of the molecule is CCc1cncc(C(=O)N2CCNC(=O)C2CC)c1. The lowest BCUT2D eigenvalue weighted by Crippen LogP contribution is -2.56. The highest BCUT2D eigenvalue weighted by Crippen LogP contribution is 2.14. The van der Waals surface area contributed by atoms with Gasteiger partial charge < -0.3 is 10.2 Å². The highest BCUT2D eigenvalue weighted by atomic mass is 16.2. The van der Waals surface area contributed by atoms with Crippen molar-refractivity contribution in [3.63, 3.8) is 0 Å². The van der Waals surface area contributed by atoms with E-state index in [1.165, 1.54) is 0 Å². The summed E-state index contributed by atoms with van der Waals surface area (Å²) in [5.41, 5.74) is 1.59. The molecule has 2 rings (SSSR count). The summed E-state index contributed by atoms with van der Waals surface area (Å²) in [5.74, 6) is -0.175. The van der Waals surface area contributed by atoms with E-state index in [2.05, 4.69) is 10.3 Å². The number of hydrogen-bond donors (Lipinski definition) is 1. The predicted octanol–water partition coefficient (Wildman–Crippen LogP) is 0.995. The molecule has 1 aliphatic heterocycles. The Balaban J connectivity index is 2.24. The number of hydrogen-bond acceptors (Lipinski definition) is 3. The maximum absolute atomic E-state index is 12.5. The van der Waals surface area contributed by atoms with Crippen molar-refractivity contribution in [3.05, 3.63) is 29.6 Å². The molecule has 0 radical (unpaired) electrons. The van der Waals surface area contributed by atoms with Gasteiger partial charge in [0.05, 0.1) is 5.56 Å². The molecule has 1 fully saturated rings. The van der Waals surface area contributed by atoms with Crippen molar-refractivity contribution in [1.82, 2.24) is 15.2 Å². The molecule has 102 valence electrons. The van der Waals surface area contributed by atoms with Crippen molar-refractivity contribution in [2.75, 3.05) is 13.1 Å². The fraction of sp³-hybridized carbons (Fsp3) is 0.500. The summed E-state index contributed by atoms with van der Waals surface area (Å²) in [5, 5.41) is 2.79. The van der Waals surface area contributed by atoms with Crippen LogP contribution in [0.5, 0.6) is 0 Å². The summed E-state index contributed by atoms with van der Waals surface area (Å²) in [6, 6.07) is 1.49. The van der Waals surface area contributed by atoms with E-state index in [9.17, 15) is 9.59 Å². The Morgan fingerprint density at radius 3 is 2.95 bits per heavy atom. The van der Waals surface area contributed by atoms with Gasteiger partial charge in [0.15, 0.2) is 0 Å². The number of nitrogens with one attached hydrogen (secondary N) is 1. The molecule has 1 unspecified atom stereocenters. The number of nitrogens with zero attached hydrogens (tertiary/aromatic N) is 2. The van der Waals surface area contributed by atoms with Crippen molar-refractivity contribution in [2.24, 2.45) is 0 Å². The molecule has 1 N–H and O–H groups in total. The van der Waals surface area contributed by atoms with Gasteiger partial charge in [-0.2, -0.15) is 0 Å². The number of aryl methyl sites for hydroxylation is 1. The Hall–Kier alpha value is -1.91. The van der Waals surface area contributed by atoms with Gasteiger partial charge in [0.2, 0.25) is 5.91 Å². The molecule has 19 heavy (non-hydrogen) atoms. The predicted molar refractivity (Wildman–Crippen MR) is 71.7 cm³/mol. The van der Waals surface area contributed by atoms with Gasteiger partial charge in [-0.3, -0.25) is 14.6 Å². The second-order valence-corrected chi connectivity index (χ2v) is 4.65. The smallest absolute Gasteiger partial charge is 0.256 e. The highest BCUT2D eigenvalue weighted by molar-refractivity contribution is 5.98. The molecule has 0 spiro atoms. The van der Waals surface area contributed by atoms with Gasteiger partial charge in [-0.1, -0.05) is 13.8 Å². The summed E-state index contributed by atoms with van der Waals surface area (Å²) >= 11 is 0. The van der Waals surface area contributed by atoms with Gasteiger partial charge in [-0.05, 0) is 24.5 Å². The van der Waals surface area contributed by atoms with Gasteiger partial charge >= 0.3 is 0 Å². The number of rotatable bonds is 3. The maximum atomic E-state index is 12.5. The number of pyridine rings is 1. The van der Waals surface area contributed by atoms with E-state index in [0.29, 0.717) is 25.1 Å². The molecule has 0 aromatic carbocycles. The van der Waals surface area contributed by atoms with Crippen LogP contribution in [-0.4, -0.2) is 40.8 Å². The zero-order valence-corrected chi connectivity index (χ0v) is 11.3. The topological polar surface area (TPSA) is 62.3 Å². The minimum Gasteiger partial charge on any atom is -0.353 e. The lowest BCUT2D eigenvalue weighted by Gasteiger charge is -2.34. The van der Waals surface area contributed by atoms with Crippen LogP contribution in [0.15, 0.2) is 18.5 Å². The van der Waals surface area contributed by atoms with E-state index in [1.807, 2.05) is 19.9 Å². The van der Waals surface area contributed by atoms with Crippen LogP contribution in [0.3, 0.4) is 0 Å². The summed E-state index contributed by atoms with van der Waals surface area (Å²) in [4.78, 5) is 30.0. The van der Waals surface area contributed by atoms with Crippen LogP contribution >= 0.6 is 0 Å². The van der Waals surface area contributed by atoms with Crippen LogP contribution in [0.25, 0.3) is 0 Å². The molecule has 1 aliphatic rings. The molecule has 1 aromatic heterocycles. The Morgan fingerprint density at radius 2 is 2.26 bits per heavy atom. The van der Waals surface area contributed by atoms with Crippen molar-refractivity contribution >= 4 is 11.8 Å². The van der Waals surface area contributed by atoms with Gasteiger partial charge in [-0.15, -0.1) is 0 Å². The molecule has 2 amide bonds. The van der Waals surface area contributed by atoms with Gasteiger partial charge in [-0.25, -0.2) is 0 Å². The fourth-order valence-electron chi connectivity index (χ4n) is 2.33. The van der Waals surface area contributed by atoms with E-state index >= 15 is 0 Å². The summed E-state index contributed by atoms with van der Waals surface area (Å²) in [6.45, 7) is 5.01. The third-order valence-corrected chi connectivity index (χ3v) is 3.43. The molecule has 1 aromatic rings. The van der Waals surface area contributed by atoms with Gasteiger partial charge in [0.25, 0.3) is 5.91 Å². The Labute approximate surface area is 113 Å². The van der Waals surface area contributed by atoms with Crippen molar-refractivity contribution in [2.45, 2.75) is 32.7 Å². The molecule has 1 atom stereocenters. The largest absolute Gasteiger partial charge is 0.353 e.